The first kappa shape index (κ1) is 16.0. The van der Waals surface area contributed by atoms with Gasteiger partial charge in [0.2, 0.25) is 5.89 Å². The third kappa shape index (κ3) is 4.57. The second-order valence-electron chi connectivity index (χ2n) is 4.38. The monoisotopic (exact) mass is 330 g/mol. The number of aryl methyl sites for hydroxylation is 1. The number of anilines is 2. The standard InChI is InChI=1S/C13H16Cl2N4O2/c1-8-5-10(15)11(6-9(8)14)17-13-19-18-12(21-13)7-16-3-4-20-2/h5-6,16H,3-4,7H2,1-2H3,(H,17,19). The lowest BCUT2D eigenvalue weighted by Gasteiger charge is -2.06. The molecule has 0 unspecified atom stereocenters. The summed E-state index contributed by atoms with van der Waals surface area (Å²) in [5.41, 5.74) is 1.52. The summed E-state index contributed by atoms with van der Waals surface area (Å²) >= 11 is 12.2. The van der Waals surface area contributed by atoms with E-state index in [1.807, 2.05) is 6.92 Å². The Balaban J connectivity index is 1.97. The van der Waals surface area contributed by atoms with Crippen LogP contribution < -0.4 is 10.6 Å². The van der Waals surface area contributed by atoms with E-state index in [1.54, 1.807) is 19.2 Å². The first-order chi connectivity index (χ1) is 10.1. The minimum Gasteiger partial charge on any atom is -0.406 e. The molecule has 2 rings (SSSR count). The second-order valence-corrected chi connectivity index (χ2v) is 5.19. The summed E-state index contributed by atoms with van der Waals surface area (Å²) in [6, 6.07) is 3.76. The van der Waals surface area contributed by atoms with E-state index < -0.39 is 0 Å². The van der Waals surface area contributed by atoms with E-state index in [0.29, 0.717) is 41.3 Å². The van der Waals surface area contributed by atoms with Crippen molar-refractivity contribution in [3.05, 3.63) is 33.6 Å². The Hall–Kier alpha value is -1.34. The first-order valence-electron chi connectivity index (χ1n) is 6.35. The molecule has 21 heavy (non-hydrogen) atoms. The maximum absolute atomic E-state index is 6.14. The highest BCUT2D eigenvalue weighted by molar-refractivity contribution is 6.35. The number of hydrogen-bond donors (Lipinski definition) is 2. The fourth-order valence-corrected chi connectivity index (χ4v) is 2.03. The SMILES string of the molecule is COCCNCc1nnc(Nc2cc(Cl)c(C)cc2Cl)o1. The average molecular weight is 331 g/mol. The van der Waals surface area contributed by atoms with Crippen LogP contribution in [0.15, 0.2) is 16.5 Å². The first-order valence-corrected chi connectivity index (χ1v) is 7.10. The fraction of sp³-hybridized carbons (Fsp3) is 0.385. The van der Waals surface area contributed by atoms with Gasteiger partial charge in [-0.1, -0.05) is 28.3 Å². The molecule has 0 amide bonds. The number of methoxy groups -OCH3 is 1. The number of nitrogens with one attached hydrogen (secondary N) is 2. The van der Waals surface area contributed by atoms with Gasteiger partial charge >= 0.3 is 6.01 Å². The molecule has 0 aliphatic heterocycles. The maximum Gasteiger partial charge on any atom is 0.320 e. The van der Waals surface area contributed by atoms with Crippen LogP contribution in [0.3, 0.4) is 0 Å². The average Bonchev–Trinajstić information content (AvgIpc) is 2.89. The van der Waals surface area contributed by atoms with E-state index in [9.17, 15) is 0 Å². The Labute approximate surface area is 132 Å². The van der Waals surface area contributed by atoms with Gasteiger partial charge in [0.15, 0.2) is 0 Å². The lowest BCUT2D eigenvalue weighted by atomic mass is 10.2. The second kappa shape index (κ2) is 7.61. The molecule has 2 N–H and O–H groups in total. The molecule has 6 nitrogen and oxygen atoms in total. The number of hydrogen-bond acceptors (Lipinski definition) is 6. The molecule has 0 aliphatic carbocycles. The number of ether oxygens (including phenoxy) is 1. The molecule has 1 heterocycles. The number of rotatable bonds is 7. The Morgan fingerprint density at radius 3 is 2.81 bits per heavy atom. The summed E-state index contributed by atoms with van der Waals surface area (Å²) in [5.74, 6) is 0.475. The van der Waals surface area contributed by atoms with Gasteiger partial charge in [-0.05, 0) is 24.6 Å². The van der Waals surface area contributed by atoms with Gasteiger partial charge in [-0.3, -0.25) is 0 Å². The van der Waals surface area contributed by atoms with Crippen molar-refractivity contribution in [1.82, 2.24) is 15.5 Å². The lowest BCUT2D eigenvalue weighted by molar-refractivity contribution is 0.198. The summed E-state index contributed by atoms with van der Waals surface area (Å²) in [6.45, 7) is 3.69. The van der Waals surface area contributed by atoms with E-state index in [0.717, 1.165) is 5.56 Å². The number of aromatic nitrogens is 2. The van der Waals surface area contributed by atoms with Gasteiger partial charge in [0, 0.05) is 18.7 Å². The summed E-state index contributed by atoms with van der Waals surface area (Å²) in [4.78, 5) is 0. The molecular weight excluding hydrogens is 315 g/mol. The summed E-state index contributed by atoms with van der Waals surface area (Å²) in [6.07, 6.45) is 0. The summed E-state index contributed by atoms with van der Waals surface area (Å²) in [7, 11) is 1.65. The summed E-state index contributed by atoms with van der Waals surface area (Å²) < 4.78 is 10.4. The molecule has 0 radical (unpaired) electrons. The van der Waals surface area contributed by atoms with Crippen molar-refractivity contribution >= 4 is 34.9 Å². The van der Waals surface area contributed by atoms with Crippen LogP contribution in [0.5, 0.6) is 0 Å². The largest absolute Gasteiger partial charge is 0.406 e. The fourth-order valence-electron chi connectivity index (χ4n) is 1.60. The molecule has 1 aromatic carbocycles. The zero-order chi connectivity index (χ0) is 15.2. The van der Waals surface area contributed by atoms with Crippen LogP contribution in [-0.4, -0.2) is 30.5 Å². The van der Waals surface area contributed by atoms with Crippen LogP contribution in [-0.2, 0) is 11.3 Å². The molecule has 0 fully saturated rings. The van der Waals surface area contributed by atoms with Gasteiger partial charge < -0.3 is 19.8 Å². The van der Waals surface area contributed by atoms with Crippen LogP contribution in [0.4, 0.5) is 11.7 Å². The zero-order valence-corrected chi connectivity index (χ0v) is 13.3. The van der Waals surface area contributed by atoms with E-state index in [4.69, 9.17) is 32.4 Å². The highest BCUT2D eigenvalue weighted by atomic mass is 35.5. The normalized spacial score (nSPS) is 10.9. The molecule has 0 saturated carbocycles. The van der Waals surface area contributed by atoms with Crippen LogP contribution in [0.2, 0.25) is 10.0 Å². The summed E-state index contributed by atoms with van der Waals surface area (Å²) in [5, 5.41) is 15.0. The highest BCUT2D eigenvalue weighted by Crippen LogP contribution is 2.30. The highest BCUT2D eigenvalue weighted by Gasteiger charge is 2.10. The van der Waals surface area contributed by atoms with Gasteiger partial charge in [-0.2, -0.15) is 0 Å². The van der Waals surface area contributed by atoms with Crippen molar-refractivity contribution in [2.75, 3.05) is 25.6 Å². The topological polar surface area (TPSA) is 72.2 Å². The minimum absolute atomic E-state index is 0.264. The van der Waals surface area contributed by atoms with E-state index in [2.05, 4.69) is 20.8 Å². The Morgan fingerprint density at radius 1 is 1.24 bits per heavy atom. The van der Waals surface area contributed by atoms with E-state index in [1.165, 1.54) is 0 Å². The number of nitrogens with zero attached hydrogens (tertiary/aromatic N) is 2. The van der Waals surface area contributed by atoms with Crippen LogP contribution in [0, 0.1) is 6.92 Å². The quantitative estimate of drug-likeness (QED) is 0.760. The predicted molar refractivity (Wildman–Crippen MR) is 82.4 cm³/mol. The molecule has 0 spiro atoms. The molecular formula is C13H16Cl2N4O2. The van der Waals surface area contributed by atoms with Crippen molar-refractivity contribution < 1.29 is 9.15 Å². The molecule has 1 aromatic heterocycles. The Kier molecular flexibility index (Phi) is 5.81. The van der Waals surface area contributed by atoms with E-state index in [-0.39, 0.29) is 6.01 Å². The number of benzene rings is 1. The number of halogens is 2. The van der Waals surface area contributed by atoms with Crippen molar-refractivity contribution in [1.29, 1.82) is 0 Å². The van der Waals surface area contributed by atoms with Crippen molar-refractivity contribution in [2.24, 2.45) is 0 Å². The molecule has 2 aromatic rings. The van der Waals surface area contributed by atoms with Crippen molar-refractivity contribution in [3.8, 4) is 0 Å². The lowest BCUT2D eigenvalue weighted by Crippen LogP contribution is -2.18. The van der Waals surface area contributed by atoms with E-state index >= 15 is 0 Å². The van der Waals surface area contributed by atoms with Gasteiger partial charge in [0.25, 0.3) is 0 Å². The molecule has 0 aliphatic rings. The van der Waals surface area contributed by atoms with Crippen LogP contribution in [0.1, 0.15) is 11.5 Å². The molecule has 0 bridgehead atoms. The third-order valence-corrected chi connectivity index (χ3v) is 3.44. The van der Waals surface area contributed by atoms with Gasteiger partial charge in [-0.25, -0.2) is 0 Å². The maximum atomic E-state index is 6.14. The van der Waals surface area contributed by atoms with Crippen LogP contribution >= 0.6 is 23.2 Å². The Bertz CT molecular complexity index is 604. The Morgan fingerprint density at radius 2 is 2.05 bits per heavy atom. The van der Waals surface area contributed by atoms with Gasteiger partial charge in [0.1, 0.15) is 0 Å². The van der Waals surface area contributed by atoms with Crippen LogP contribution in [0.25, 0.3) is 0 Å². The molecule has 8 heteroatoms. The smallest absolute Gasteiger partial charge is 0.320 e. The third-order valence-electron chi connectivity index (χ3n) is 2.72. The van der Waals surface area contributed by atoms with Crippen molar-refractivity contribution in [2.45, 2.75) is 13.5 Å². The predicted octanol–water partition coefficient (Wildman–Crippen LogP) is 3.16. The molecule has 114 valence electrons. The molecule has 0 saturated heterocycles. The van der Waals surface area contributed by atoms with Gasteiger partial charge in [-0.15, -0.1) is 5.10 Å². The van der Waals surface area contributed by atoms with Crippen molar-refractivity contribution in [3.63, 3.8) is 0 Å². The zero-order valence-electron chi connectivity index (χ0n) is 11.7. The molecule has 0 atom stereocenters. The van der Waals surface area contributed by atoms with Gasteiger partial charge in [0.05, 0.1) is 23.9 Å². The minimum atomic E-state index is 0.264.